The molecule has 0 aliphatic heterocycles. The molecule has 7 heteroatoms. The Labute approximate surface area is 195 Å². The molecular weight excluding hydrogens is 434 g/mol. The molecule has 1 aromatic heterocycles. The van der Waals surface area contributed by atoms with E-state index in [1.807, 2.05) is 42.5 Å². The van der Waals surface area contributed by atoms with E-state index < -0.39 is 16.1 Å². The van der Waals surface area contributed by atoms with E-state index in [-0.39, 0.29) is 23.3 Å². The van der Waals surface area contributed by atoms with Crippen LogP contribution >= 0.6 is 0 Å². The summed E-state index contributed by atoms with van der Waals surface area (Å²) in [6, 6.07) is 17.3. The summed E-state index contributed by atoms with van der Waals surface area (Å²) in [6.45, 7) is 0. The first-order valence-corrected chi connectivity index (χ1v) is 13.2. The van der Waals surface area contributed by atoms with Gasteiger partial charge in [-0.2, -0.15) is 4.72 Å². The van der Waals surface area contributed by atoms with Crippen molar-refractivity contribution in [2.75, 3.05) is 0 Å². The van der Waals surface area contributed by atoms with Gasteiger partial charge in [0.25, 0.3) is 0 Å². The number of amides is 1. The zero-order valence-electron chi connectivity index (χ0n) is 18.7. The van der Waals surface area contributed by atoms with Crippen molar-refractivity contribution in [3.8, 4) is 0 Å². The van der Waals surface area contributed by atoms with Crippen LogP contribution in [0.4, 0.5) is 0 Å². The molecule has 3 aromatic rings. The number of hydrogen-bond acceptors (Lipinski definition) is 4. The van der Waals surface area contributed by atoms with Gasteiger partial charge in [-0.25, -0.2) is 8.42 Å². The molecule has 2 N–H and O–H groups in total. The highest BCUT2D eigenvalue weighted by molar-refractivity contribution is 7.89. The average molecular weight is 466 g/mol. The highest BCUT2D eigenvalue weighted by Crippen LogP contribution is 2.22. The van der Waals surface area contributed by atoms with Crippen LogP contribution in [0.25, 0.3) is 10.9 Å². The summed E-state index contributed by atoms with van der Waals surface area (Å²) in [7, 11) is -3.98. The molecule has 1 unspecified atom stereocenters. The van der Waals surface area contributed by atoms with Gasteiger partial charge in [-0.1, -0.05) is 80.6 Å². The molecule has 4 rings (SSSR count). The standard InChI is InChI=1S/C26H31N3O3S/c30-26(28-22-15-7-2-1-3-8-16-22)23(19-20-11-5-4-6-12-20)29-33(31,32)24-17-9-13-21-14-10-18-27-25(21)24/h4-6,9-14,17-18,22-23,29H,1-3,7-8,15-16,19H2,(H,28,30). The van der Waals surface area contributed by atoms with Crippen molar-refractivity contribution in [2.24, 2.45) is 0 Å². The largest absolute Gasteiger partial charge is 0.352 e. The number of rotatable bonds is 7. The van der Waals surface area contributed by atoms with E-state index in [0.29, 0.717) is 5.52 Å². The summed E-state index contributed by atoms with van der Waals surface area (Å²) in [4.78, 5) is 17.7. The van der Waals surface area contributed by atoms with Gasteiger partial charge in [0.15, 0.2) is 0 Å². The van der Waals surface area contributed by atoms with E-state index in [4.69, 9.17) is 0 Å². The van der Waals surface area contributed by atoms with Crippen molar-refractivity contribution in [3.63, 3.8) is 0 Å². The zero-order valence-corrected chi connectivity index (χ0v) is 19.6. The number of nitrogens with zero attached hydrogens (tertiary/aromatic N) is 1. The predicted octanol–water partition coefficient (Wildman–Crippen LogP) is 4.35. The van der Waals surface area contributed by atoms with E-state index >= 15 is 0 Å². The van der Waals surface area contributed by atoms with Gasteiger partial charge in [-0.05, 0) is 37.0 Å². The fraction of sp³-hybridized carbons (Fsp3) is 0.385. The van der Waals surface area contributed by atoms with Crippen molar-refractivity contribution in [3.05, 3.63) is 72.4 Å². The Bertz CT molecular complexity index is 1170. The maximum atomic E-state index is 13.4. The first-order valence-electron chi connectivity index (χ1n) is 11.7. The Morgan fingerprint density at radius 2 is 1.61 bits per heavy atom. The van der Waals surface area contributed by atoms with Crippen LogP contribution in [0, 0.1) is 0 Å². The molecular formula is C26H31N3O3S. The van der Waals surface area contributed by atoms with Crippen LogP contribution in [0.3, 0.4) is 0 Å². The molecule has 0 spiro atoms. The van der Waals surface area contributed by atoms with E-state index in [9.17, 15) is 13.2 Å². The van der Waals surface area contributed by atoms with Gasteiger partial charge in [0.05, 0.1) is 5.52 Å². The number of hydrogen-bond donors (Lipinski definition) is 2. The van der Waals surface area contributed by atoms with E-state index in [1.54, 1.807) is 18.3 Å². The van der Waals surface area contributed by atoms with E-state index in [1.165, 1.54) is 25.3 Å². The molecule has 1 atom stereocenters. The second kappa shape index (κ2) is 10.9. The number of aromatic nitrogens is 1. The summed E-state index contributed by atoms with van der Waals surface area (Å²) in [5.74, 6) is -0.277. The topological polar surface area (TPSA) is 88.2 Å². The van der Waals surface area contributed by atoms with Crippen molar-refractivity contribution in [1.82, 2.24) is 15.0 Å². The minimum absolute atomic E-state index is 0.0809. The molecule has 174 valence electrons. The number of carbonyl (C=O) groups excluding carboxylic acids is 1. The first-order chi connectivity index (χ1) is 16.0. The van der Waals surface area contributed by atoms with E-state index in [2.05, 4.69) is 15.0 Å². The summed E-state index contributed by atoms with van der Waals surface area (Å²) in [5, 5.41) is 3.87. The van der Waals surface area contributed by atoms with Crippen LogP contribution in [0.5, 0.6) is 0 Å². The molecule has 1 fully saturated rings. The maximum absolute atomic E-state index is 13.4. The zero-order chi connectivity index (χ0) is 23.1. The first kappa shape index (κ1) is 23.4. The minimum Gasteiger partial charge on any atom is -0.352 e. The number of nitrogens with one attached hydrogen (secondary N) is 2. The quantitative estimate of drug-likeness (QED) is 0.543. The molecule has 1 aliphatic carbocycles. The molecule has 2 aromatic carbocycles. The number of pyridine rings is 1. The average Bonchev–Trinajstić information content (AvgIpc) is 2.80. The molecule has 0 radical (unpaired) electrons. The number of para-hydroxylation sites is 1. The van der Waals surface area contributed by atoms with Crippen LogP contribution in [0.15, 0.2) is 71.8 Å². The van der Waals surface area contributed by atoms with Crippen LogP contribution in [0.1, 0.15) is 50.5 Å². The predicted molar refractivity (Wildman–Crippen MR) is 130 cm³/mol. The lowest BCUT2D eigenvalue weighted by Gasteiger charge is -2.25. The van der Waals surface area contributed by atoms with Crippen LogP contribution < -0.4 is 10.0 Å². The van der Waals surface area contributed by atoms with Crippen molar-refractivity contribution in [1.29, 1.82) is 0 Å². The summed E-state index contributed by atoms with van der Waals surface area (Å²) >= 11 is 0. The highest BCUT2D eigenvalue weighted by Gasteiger charge is 2.29. The van der Waals surface area contributed by atoms with Gasteiger partial charge >= 0.3 is 0 Å². The van der Waals surface area contributed by atoms with Crippen LogP contribution in [-0.4, -0.2) is 31.4 Å². The second-order valence-corrected chi connectivity index (χ2v) is 10.4. The number of carbonyl (C=O) groups is 1. The molecule has 1 saturated carbocycles. The van der Waals surface area contributed by atoms with Gasteiger partial charge in [0.2, 0.25) is 15.9 Å². The van der Waals surface area contributed by atoms with Crippen molar-refractivity contribution in [2.45, 2.75) is 68.3 Å². The summed E-state index contributed by atoms with van der Waals surface area (Å²) < 4.78 is 29.5. The van der Waals surface area contributed by atoms with Crippen molar-refractivity contribution >= 4 is 26.8 Å². The third-order valence-electron chi connectivity index (χ3n) is 6.23. The Morgan fingerprint density at radius 3 is 2.36 bits per heavy atom. The third-order valence-corrected chi connectivity index (χ3v) is 7.74. The molecule has 1 amide bonds. The smallest absolute Gasteiger partial charge is 0.243 e. The number of fused-ring (bicyclic) bond motifs is 1. The molecule has 1 heterocycles. The SMILES string of the molecule is O=C(NC1CCCCCCC1)C(Cc1ccccc1)NS(=O)(=O)c1cccc2cccnc12. The highest BCUT2D eigenvalue weighted by atomic mass is 32.2. The van der Waals surface area contributed by atoms with Crippen LogP contribution in [-0.2, 0) is 21.2 Å². The monoisotopic (exact) mass is 465 g/mol. The third kappa shape index (κ3) is 6.18. The molecule has 0 saturated heterocycles. The number of benzene rings is 2. The Balaban J connectivity index is 1.59. The molecule has 6 nitrogen and oxygen atoms in total. The minimum atomic E-state index is -3.98. The Hall–Kier alpha value is -2.77. The van der Waals surface area contributed by atoms with Gasteiger partial charge in [0.1, 0.15) is 10.9 Å². The fourth-order valence-electron chi connectivity index (χ4n) is 4.48. The Kier molecular flexibility index (Phi) is 7.73. The molecule has 1 aliphatic rings. The van der Waals surface area contributed by atoms with Gasteiger partial charge in [0, 0.05) is 17.6 Å². The second-order valence-electron chi connectivity index (χ2n) is 8.75. The maximum Gasteiger partial charge on any atom is 0.243 e. The molecule has 33 heavy (non-hydrogen) atoms. The summed E-state index contributed by atoms with van der Waals surface area (Å²) in [6.07, 6.45) is 9.50. The van der Waals surface area contributed by atoms with Crippen LogP contribution in [0.2, 0.25) is 0 Å². The Morgan fingerprint density at radius 1 is 0.909 bits per heavy atom. The molecule has 0 bridgehead atoms. The number of sulfonamides is 1. The van der Waals surface area contributed by atoms with Gasteiger partial charge in [-0.15, -0.1) is 0 Å². The van der Waals surface area contributed by atoms with Gasteiger partial charge < -0.3 is 5.32 Å². The lowest BCUT2D eigenvalue weighted by molar-refractivity contribution is -0.123. The fourth-order valence-corrected chi connectivity index (χ4v) is 5.86. The normalized spacial score (nSPS) is 16.6. The van der Waals surface area contributed by atoms with Gasteiger partial charge in [-0.3, -0.25) is 9.78 Å². The van der Waals surface area contributed by atoms with Crippen molar-refractivity contribution < 1.29 is 13.2 Å². The lowest BCUT2D eigenvalue weighted by atomic mass is 9.96. The van der Waals surface area contributed by atoms with E-state index in [0.717, 1.165) is 36.6 Å². The lowest BCUT2D eigenvalue weighted by Crippen LogP contribution is -2.50. The summed E-state index contributed by atoms with van der Waals surface area (Å²) in [5.41, 5.74) is 1.29.